The van der Waals surface area contributed by atoms with Crippen LogP contribution in [0, 0.1) is 5.92 Å². The van der Waals surface area contributed by atoms with Crippen LogP contribution in [0.5, 0.6) is 0 Å². The van der Waals surface area contributed by atoms with Crippen molar-refractivity contribution >= 4 is 0 Å². The third-order valence-corrected chi connectivity index (χ3v) is 3.13. The van der Waals surface area contributed by atoms with Crippen LogP contribution in [0.25, 0.3) is 0 Å². The molecule has 3 N–H and O–H groups in total. The van der Waals surface area contributed by atoms with Crippen LogP contribution in [-0.2, 0) is 0 Å². The Morgan fingerprint density at radius 2 is 1.67 bits per heavy atom. The molecule has 0 bridgehead atoms. The van der Waals surface area contributed by atoms with Gasteiger partial charge in [-0.25, -0.2) is 0 Å². The molecule has 1 aliphatic carbocycles. The number of nitrogens with one attached hydrogen (secondary N) is 1. The first-order valence-electron chi connectivity index (χ1n) is 5.56. The summed E-state index contributed by atoms with van der Waals surface area (Å²) in [4.78, 5) is 0. The van der Waals surface area contributed by atoms with E-state index in [1.165, 1.54) is 0 Å². The van der Waals surface area contributed by atoms with E-state index in [9.17, 15) is 13.2 Å². The minimum atomic E-state index is -4.12. The molecule has 0 radical (unpaired) electrons. The standard InChI is InChI=1S/C10H19F3N2/c11-10(12,13)7-9(15-14)8-5-3-1-2-4-6-8/h8-9,15H,1-7,14H2. The lowest BCUT2D eigenvalue weighted by Gasteiger charge is -2.26. The second kappa shape index (κ2) is 5.70. The number of hydrazine groups is 1. The lowest BCUT2D eigenvalue weighted by molar-refractivity contribution is -0.143. The molecule has 0 saturated heterocycles. The first kappa shape index (κ1) is 12.8. The van der Waals surface area contributed by atoms with E-state index >= 15 is 0 Å². The van der Waals surface area contributed by atoms with Gasteiger partial charge in [0.15, 0.2) is 0 Å². The van der Waals surface area contributed by atoms with Gasteiger partial charge in [-0.1, -0.05) is 25.7 Å². The van der Waals surface area contributed by atoms with Crippen molar-refractivity contribution in [1.29, 1.82) is 0 Å². The van der Waals surface area contributed by atoms with E-state index in [2.05, 4.69) is 5.43 Å². The van der Waals surface area contributed by atoms with E-state index in [4.69, 9.17) is 5.84 Å². The van der Waals surface area contributed by atoms with Crippen LogP contribution < -0.4 is 11.3 Å². The zero-order chi connectivity index (χ0) is 11.3. The molecule has 5 heteroatoms. The van der Waals surface area contributed by atoms with Crippen molar-refractivity contribution in [3.05, 3.63) is 0 Å². The number of hydrogen-bond acceptors (Lipinski definition) is 2. The molecule has 1 rings (SSSR count). The molecule has 15 heavy (non-hydrogen) atoms. The van der Waals surface area contributed by atoms with Crippen molar-refractivity contribution in [2.24, 2.45) is 11.8 Å². The summed E-state index contributed by atoms with van der Waals surface area (Å²) in [6.45, 7) is 0. The molecule has 0 spiro atoms. The lowest BCUT2D eigenvalue weighted by atomic mass is 9.90. The van der Waals surface area contributed by atoms with Gasteiger partial charge in [-0.15, -0.1) is 0 Å². The summed E-state index contributed by atoms with van der Waals surface area (Å²) in [6, 6.07) is -0.608. The summed E-state index contributed by atoms with van der Waals surface area (Å²) in [7, 11) is 0. The average Bonchev–Trinajstić information content (AvgIpc) is 2.40. The quantitative estimate of drug-likeness (QED) is 0.439. The van der Waals surface area contributed by atoms with Gasteiger partial charge in [0.05, 0.1) is 6.42 Å². The second-order valence-electron chi connectivity index (χ2n) is 4.34. The maximum absolute atomic E-state index is 12.3. The van der Waals surface area contributed by atoms with E-state index in [1.807, 2.05) is 0 Å². The van der Waals surface area contributed by atoms with E-state index in [0.29, 0.717) is 0 Å². The van der Waals surface area contributed by atoms with Gasteiger partial charge in [-0.2, -0.15) is 13.2 Å². The van der Waals surface area contributed by atoms with Crippen LogP contribution in [0.4, 0.5) is 13.2 Å². The summed E-state index contributed by atoms with van der Waals surface area (Å²) >= 11 is 0. The van der Waals surface area contributed by atoms with Crippen molar-refractivity contribution in [3.63, 3.8) is 0 Å². The van der Waals surface area contributed by atoms with Crippen LogP contribution in [0.15, 0.2) is 0 Å². The molecule has 0 aromatic heterocycles. The lowest BCUT2D eigenvalue weighted by Crippen LogP contribution is -2.43. The highest BCUT2D eigenvalue weighted by atomic mass is 19.4. The first-order chi connectivity index (χ1) is 7.03. The minimum Gasteiger partial charge on any atom is -0.271 e. The molecule has 0 aromatic carbocycles. The monoisotopic (exact) mass is 224 g/mol. The van der Waals surface area contributed by atoms with Crippen molar-refractivity contribution in [1.82, 2.24) is 5.43 Å². The Balaban J connectivity index is 2.48. The number of hydrogen-bond donors (Lipinski definition) is 2. The summed E-state index contributed by atoms with van der Waals surface area (Å²) in [5.41, 5.74) is 2.34. The van der Waals surface area contributed by atoms with Gasteiger partial charge in [-0.05, 0) is 18.8 Å². The SMILES string of the molecule is NNC(CC(F)(F)F)C1CCCCCC1. The number of rotatable bonds is 3. The smallest absolute Gasteiger partial charge is 0.271 e. The average molecular weight is 224 g/mol. The van der Waals surface area contributed by atoms with Crippen LogP contribution in [0.3, 0.4) is 0 Å². The Kier molecular flexibility index (Phi) is 4.86. The highest BCUT2D eigenvalue weighted by molar-refractivity contribution is 4.79. The van der Waals surface area contributed by atoms with Crippen LogP contribution in [0.2, 0.25) is 0 Å². The predicted octanol–water partition coefficient (Wildman–Crippen LogP) is 2.74. The molecule has 0 amide bonds. The predicted molar refractivity (Wildman–Crippen MR) is 53.0 cm³/mol. The summed E-state index contributed by atoms with van der Waals surface area (Å²) < 4.78 is 36.8. The van der Waals surface area contributed by atoms with Crippen LogP contribution in [-0.4, -0.2) is 12.2 Å². The zero-order valence-corrected chi connectivity index (χ0v) is 8.82. The number of nitrogens with two attached hydrogens (primary N) is 1. The molecule has 0 heterocycles. The Bertz CT molecular complexity index is 174. The molecule has 2 nitrogen and oxygen atoms in total. The van der Waals surface area contributed by atoms with Crippen LogP contribution in [0.1, 0.15) is 44.9 Å². The van der Waals surface area contributed by atoms with Crippen LogP contribution >= 0.6 is 0 Å². The van der Waals surface area contributed by atoms with Gasteiger partial charge in [0.2, 0.25) is 0 Å². The Morgan fingerprint density at radius 3 is 2.07 bits per heavy atom. The topological polar surface area (TPSA) is 38.0 Å². The number of alkyl halides is 3. The molecule has 0 aliphatic heterocycles. The molecular formula is C10H19F3N2. The first-order valence-corrected chi connectivity index (χ1v) is 5.56. The van der Waals surface area contributed by atoms with Gasteiger partial charge >= 0.3 is 6.18 Å². The Labute approximate surface area is 88.4 Å². The largest absolute Gasteiger partial charge is 0.390 e. The normalized spacial score (nSPS) is 22.4. The van der Waals surface area contributed by atoms with Crippen molar-refractivity contribution < 1.29 is 13.2 Å². The van der Waals surface area contributed by atoms with E-state index in [-0.39, 0.29) is 5.92 Å². The maximum Gasteiger partial charge on any atom is 0.390 e. The molecule has 1 fully saturated rings. The molecule has 1 aliphatic rings. The van der Waals surface area contributed by atoms with Gasteiger partial charge < -0.3 is 0 Å². The highest BCUT2D eigenvalue weighted by Crippen LogP contribution is 2.31. The zero-order valence-electron chi connectivity index (χ0n) is 8.82. The van der Waals surface area contributed by atoms with Gasteiger partial charge in [0.25, 0.3) is 0 Å². The van der Waals surface area contributed by atoms with Gasteiger partial charge in [0.1, 0.15) is 0 Å². The fourth-order valence-electron chi connectivity index (χ4n) is 2.32. The third-order valence-electron chi connectivity index (χ3n) is 3.13. The maximum atomic E-state index is 12.3. The van der Waals surface area contributed by atoms with Gasteiger partial charge in [0, 0.05) is 6.04 Å². The van der Waals surface area contributed by atoms with E-state index < -0.39 is 18.6 Å². The Morgan fingerprint density at radius 1 is 1.13 bits per heavy atom. The fraction of sp³-hybridized carbons (Fsp3) is 1.00. The highest BCUT2D eigenvalue weighted by Gasteiger charge is 2.35. The fourth-order valence-corrected chi connectivity index (χ4v) is 2.32. The Hall–Kier alpha value is -0.290. The molecule has 1 unspecified atom stereocenters. The van der Waals surface area contributed by atoms with Crippen molar-refractivity contribution in [3.8, 4) is 0 Å². The van der Waals surface area contributed by atoms with E-state index in [1.54, 1.807) is 0 Å². The molecule has 0 aromatic rings. The summed E-state index contributed by atoms with van der Waals surface area (Å²) in [5, 5.41) is 0. The van der Waals surface area contributed by atoms with Crippen molar-refractivity contribution in [2.45, 2.75) is 57.2 Å². The van der Waals surface area contributed by atoms with E-state index in [0.717, 1.165) is 38.5 Å². The molecular weight excluding hydrogens is 205 g/mol. The van der Waals surface area contributed by atoms with Gasteiger partial charge in [-0.3, -0.25) is 11.3 Å². The summed E-state index contributed by atoms with van der Waals surface area (Å²) in [6.07, 6.45) is 1.13. The minimum absolute atomic E-state index is 0.0825. The third kappa shape index (κ3) is 4.84. The molecule has 1 atom stereocenters. The van der Waals surface area contributed by atoms with Crippen molar-refractivity contribution in [2.75, 3.05) is 0 Å². The summed E-state index contributed by atoms with van der Waals surface area (Å²) in [5.74, 6) is 5.29. The molecule has 1 saturated carbocycles. The second-order valence-corrected chi connectivity index (χ2v) is 4.34. The molecule has 90 valence electrons. The number of halogens is 3.